The Kier molecular flexibility index (Phi) is 4.81. The van der Waals surface area contributed by atoms with E-state index < -0.39 is 30.3 Å². The highest BCUT2D eigenvalue weighted by atomic mass is 19.4. The van der Waals surface area contributed by atoms with Gasteiger partial charge in [-0.25, -0.2) is 8.78 Å². The van der Waals surface area contributed by atoms with Crippen LogP contribution < -0.4 is 10.9 Å². The highest BCUT2D eigenvalue weighted by Gasteiger charge is 2.31. The molecule has 142 valence electrons. The number of halogens is 5. The standard InChI is InChI=1S/C17H13F5N4O/c1-9-11(3-2-5-23-9)14-12-7-10(17(20,21)22)4-6-26(12)16(25-15(14)27)24-8-13(18)19/h2-7,13H,8H2,1H3,(H,24,25,27). The molecule has 27 heavy (non-hydrogen) atoms. The lowest BCUT2D eigenvalue weighted by Gasteiger charge is -2.16. The number of nitrogens with zero attached hydrogens (tertiary/aromatic N) is 3. The second-order valence-corrected chi connectivity index (χ2v) is 5.69. The van der Waals surface area contributed by atoms with Crippen LogP contribution in [-0.2, 0) is 6.18 Å². The van der Waals surface area contributed by atoms with Gasteiger partial charge in [-0.05, 0) is 25.1 Å². The van der Waals surface area contributed by atoms with Crippen molar-refractivity contribution in [2.45, 2.75) is 19.5 Å². The fourth-order valence-electron chi connectivity index (χ4n) is 2.66. The molecule has 0 spiro atoms. The number of nitrogens with one attached hydrogen (secondary N) is 1. The first-order valence-electron chi connectivity index (χ1n) is 7.76. The number of fused-ring (bicyclic) bond motifs is 1. The topological polar surface area (TPSA) is 59.3 Å². The van der Waals surface area contributed by atoms with Crippen LogP contribution in [-0.4, -0.2) is 27.3 Å². The van der Waals surface area contributed by atoms with Gasteiger partial charge in [0.25, 0.3) is 12.0 Å². The first-order chi connectivity index (χ1) is 12.7. The minimum atomic E-state index is -4.64. The highest BCUT2D eigenvalue weighted by Crippen LogP contribution is 2.32. The second-order valence-electron chi connectivity index (χ2n) is 5.69. The lowest BCUT2D eigenvalue weighted by Crippen LogP contribution is -2.21. The van der Waals surface area contributed by atoms with E-state index in [2.05, 4.69) is 15.3 Å². The highest BCUT2D eigenvalue weighted by molar-refractivity contribution is 5.82. The van der Waals surface area contributed by atoms with Crippen LogP contribution in [0.25, 0.3) is 16.6 Å². The number of hydrogen-bond donors (Lipinski definition) is 1. The molecule has 0 aliphatic rings. The third kappa shape index (κ3) is 3.74. The van der Waals surface area contributed by atoms with Crippen molar-refractivity contribution in [3.05, 3.63) is 58.3 Å². The maximum atomic E-state index is 13.2. The van der Waals surface area contributed by atoms with Crippen LogP contribution in [0.2, 0.25) is 0 Å². The van der Waals surface area contributed by atoms with Gasteiger partial charge in [0.1, 0.15) is 0 Å². The van der Waals surface area contributed by atoms with Gasteiger partial charge in [0.15, 0.2) is 0 Å². The molecule has 5 nitrogen and oxygen atoms in total. The normalized spacial score (nSPS) is 12.0. The molecule has 1 N–H and O–H groups in total. The van der Waals surface area contributed by atoms with Crippen molar-refractivity contribution in [3.63, 3.8) is 0 Å². The van der Waals surface area contributed by atoms with E-state index in [-0.39, 0.29) is 17.0 Å². The van der Waals surface area contributed by atoms with Gasteiger partial charge in [-0.2, -0.15) is 18.2 Å². The number of aryl methyl sites for hydroxylation is 1. The van der Waals surface area contributed by atoms with Gasteiger partial charge >= 0.3 is 6.18 Å². The molecule has 0 radical (unpaired) electrons. The molecule has 0 unspecified atom stereocenters. The van der Waals surface area contributed by atoms with Crippen molar-refractivity contribution in [2.75, 3.05) is 11.9 Å². The van der Waals surface area contributed by atoms with E-state index in [0.29, 0.717) is 11.3 Å². The van der Waals surface area contributed by atoms with Crippen LogP contribution in [0, 0.1) is 6.92 Å². The molecule has 3 aromatic heterocycles. The van der Waals surface area contributed by atoms with E-state index in [9.17, 15) is 26.7 Å². The van der Waals surface area contributed by atoms with E-state index in [4.69, 9.17) is 0 Å². The third-order valence-electron chi connectivity index (χ3n) is 3.88. The van der Waals surface area contributed by atoms with Gasteiger partial charge in [0.05, 0.1) is 23.2 Å². The summed E-state index contributed by atoms with van der Waals surface area (Å²) in [6.45, 7) is 0.794. The zero-order chi connectivity index (χ0) is 19.8. The van der Waals surface area contributed by atoms with Crippen molar-refractivity contribution in [1.29, 1.82) is 0 Å². The number of aromatic nitrogens is 3. The number of anilines is 1. The van der Waals surface area contributed by atoms with E-state index in [0.717, 1.165) is 22.7 Å². The van der Waals surface area contributed by atoms with Crippen molar-refractivity contribution in [3.8, 4) is 11.1 Å². The van der Waals surface area contributed by atoms with E-state index in [1.807, 2.05) is 0 Å². The molecular formula is C17H13F5N4O. The van der Waals surface area contributed by atoms with Crippen LogP contribution in [0.15, 0.2) is 41.5 Å². The third-order valence-corrected chi connectivity index (χ3v) is 3.88. The molecule has 0 aliphatic heterocycles. The minimum absolute atomic E-state index is 0.0886. The maximum Gasteiger partial charge on any atom is 0.416 e. The number of pyridine rings is 2. The second kappa shape index (κ2) is 6.93. The van der Waals surface area contributed by atoms with Gasteiger partial charge in [-0.3, -0.25) is 14.2 Å². The zero-order valence-corrected chi connectivity index (χ0v) is 13.9. The molecule has 0 aromatic carbocycles. The Labute approximate surface area is 149 Å². The summed E-state index contributed by atoms with van der Waals surface area (Å²) >= 11 is 0. The summed E-state index contributed by atoms with van der Waals surface area (Å²) in [6, 6.07) is 4.65. The molecule has 0 atom stereocenters. The van der Waals surface area contributed by atoms with Crippen molar-refractivity contribution in [2.24, 2.45) is 0 Å². The Bertz CT molecular complexity index is 1050. The summed E-state index contributed by atoms with van der Waals surface area (Å²) in [7, 11) is 0. The average molecular weight is 384 g/mol. The van der Waals surface area contributed by atoms with Crippen LogP contribution >= 0.6 is 0 Å². The van der Waals surface area contributed by atoms with Crippen LogP contribution in [0.1, 0.15) is 11.3 Å². The molecule has 3 heterocycles. The summed E-state index contributed by atoms with van der Waals surface area (Å²) in [5.41, 5.74) is -1.29. The summed E-state index contributed by atoms with van der Waals surface area (Å²) in [4.78, 5) is 20.3. The Morgan fingerprint density at radius 2 is 2.00 bits per heavy atom. The van der Waals surface area contributed by atoms with E-state index >= 15 is 0 Å². The van der Waals surface area contributed by atoms with Crippen molar-refractivity contribution >= 4 is 11.5 Å². The fourth-order valence-corrected chi connectivity index (χ4v) is 2.66. The summed E-state index contributed by atoms with van der Waals surface area (Å²) in [5, 5.41) is 2.28. The van der Waals surface area contributed by atoms with Crippen LogP contribution in [0.4, 0.5) is 27.9 Å². The van der Waals surface area contributed by atoms with Gasteiger partial charge in [0.2, 0.25) is 5.95 Å². The van der Waals surface area contributed by atoms with Gasteiger partial charge in [-0.1, -0.05) is 6.07 Å². The minimum Gasteiger partial charge on any atom is -0.350 e. The van der Waals surface area contributed by atoms with Crippen molar-refractivity contribution in [1.82, 2.24) is 14.4 Å². The lowest BCUT2D eigenvalue weighted by atomic mass is 10.0. The molecule has 10 heteroatoms. The number of rotatable bonds is 4. The molecule has 0 fully saturated rings. The van der Waals surface area contributed by atoms with Crippen molar-refractivity contribution < 1.29 is 22.0 Å². The predicted octanol–water partition coefficient (Wildman–Crippen LogP) is 3.76. The number of hydrogen-bond acceptors (Lipinski definition) is 4. The Morgan fingerprint density at radius 1 is 1.26 bits per heavy atom. The predicted molar refractivity (Wildman–Crippen MR) is 88.9 cm³/mol. The Balaban J connectivity index is 2.34. The fraction of sp³-hybridized carbons (Fsp3) is 0.235. The smallest absolute Gasteiger partial charge is 0.350 e. The molecule has 0 amide bonds. The molecule has 3 aromatic rings. The summed E-state index contributed by atoms with van der Waals surface area (Å²) in [5.74, 6) is -0.269. The first-order valence-corrected chi connectivity index (χ1v) is 7.76. The Morgan fingerprint density at radius 3 is 2.63 bits per heavy atom. The molecule has 3 rings (SSSR count). The maximum absolute atomic E-state index is 13.2. The van der Waals surface area contributed by atoms with Gasteiger partial charge in [0, 0.05) is 23.7 Å². The summed E-state index contributed by atoms with van der Waals surface area (Å²) < 4.78 is 65.6. The van der Waals surface area contributed by atoms with Gasteiger partial charge < -0.3 is 5.32 Å². The lowest BCUT2D eigenvalue weighted by molar-refractivity contribution is -0.137. The van der Waals surface area contributed by atoms with Crippen LogP contribution in [0.5, 0.6) is 0 Å². The van der Waals surface area contributed by atoms with Crippen LogP contribution in [0.3, 0.4) is 0 Å². The SMILES string of the molecule is Cc1ncccc1-c1c(=O)nc(NCC(F)F)n2ccc(C(F)(F)F)cc12. The largest absolute Gasteiger partial charge is 0.416 e. The molecule has 0 aliphatic carbocycles. The van der Waals surface area contributed by atoms with E-state index in [1.165, 1.54) is 18.3 Å². The summed E-state index contributed by atoms with van der Waals surface area (Å²) in [6.07, 6.45) is -4.86. The number of alkyl halides is 5. The van der Waals surface area contributed by atoms with E-state index in [1.54, 1.807) is 6.92 Å². The molecule has 0 bridgehead atoms. The molecular weight excluding hydrogens is 371 g/mol. The zero-order valence-electron chi connectivity index (χ0n) is 13.9. The first kappa shape index (κ1) is 18.7. The quantitative estimate of drug-likeness (QED) is 0.696. The Hall–Kier alpha value is -3.04. The molecule has 0 saturated carbocycles. The monoisotopic (exact) mass is 384 g/mol. The molecule has 0 saturated heterocycles. The van der Waals surface area contributed by atoms with Gasteiger partial charge in [-0.15, -0.1) is 0 Å². The average Bonchev–Trinajstić information content (AvgIpc) is 2.59.